The summed E-state index contributed by atoms with van der Waals surface area (Å²) in [6.45, 7) is 0. The molecule has 0 aliphatic carbocycles. The molecule has 0 bridgehead atoms. The highest BCUT2D eigenvalue weighted by atomic mass is 35.5. The number of rotatable bonds is 4. The number of benzene rings is 2. The Hall–Kier alpha value is -4.29. The maximum absolute atomic E-state index is 13.0. The third kappa shape index (κ3) is 3.56. The lowest BCUT2D eigenvalue weighted by atomic mass is 10.1. The van der Waals surface area contributed by atoms with Crippen LogP contribution in [0.3, 0.4) is 0 Å². The lowest BCUT2D eigenvalue weighted by molar-refractivity contribution is 0.0991. The van der Waals surface area contributed by atoms with Gasteiger partial charge in [-0.25, -0.2) is 4.63 Å². The molecule has 0 atom stereocenters. The lowest BCUT2D eigenvalue weighted by Crippen LogP contribution is -2.05. The number of aromatic amines is 1. The first-order valence-corrected chi connectivity index (χ1v) is 9.95. The number of carbonyl (C=O) groups excluding carboxylic acids is 1. The summed E-state index contributed by atoms with van der Waals surface area (Å²) in [6, 6.07) is 11.7. The van der Waals surface area contributed by atoms with Gasteiger partial charge in [0.05, 0.1) is 15.6 Å². The van der Waals surface area contributed by atoms with Gasteiger partial charge in [0.2, 0.25) is 17.5 Å². The Morgan fingerprint density at radius 3 is 2.73 bits per heavy atom. The van der Waals surface area contributed by atoms with Crippen LogP contribution in [-0.2, 0) is 0 Å². The van der Waals surface area contributed by atoms with Crippen molar-refractivity contribution in [1.82, 2.24) is 30.3 Å². The molecule has 0 saturated heterocycles. The number of aromatic nitrogens is 6. The van der Waals surface area contributed by atoms with Crippen molar-refractivity contribution in [3.8, 4) is 23.0 Å². The fourth-order valence-electron chi connectivity index (χ4n) is 3.17. The summed E-state index contributed by atoms with van der Waals surface area (Å²) in [5, 5.41) is 34.0. The second-order valence-electron chi connectivity index (χ2n) is 6.67. The van der Waals surface area contributed by atoms with E-state index in [2.05, 4.69) is 40.5 Å². The molecule has 164 valence electrons. The quantitative estimate of drug-likeness (QED) is 0.316. The Bertz CT molecular complexity index is 1550. The number of H-pyrrole nitrogens is 1. The molecule has 0 unspecified atom stereocenters. The second kappa shape index (κ2) is 8.00. The maximum Gasteiger partial charge on any atom is 0.318 e. The zero-order valence-corrected chi connectivity index (χ0v) is 17.8. The van der Waals surface area contributed by atoms with E-state index < -0.39 is 5.91 Å². The number of fused-ring (bicyclic) bond motifs is 1. The second-order valence-corrected chi connectivity index (χ2v) is 7.49. The number of nitrogens with two attached hydrogens (primary N) is 1. The van der Waals surface area contributed by atoms with Gasteiger partial charge in [0.1, 0.15) is 5.69 Å². The Morgan fingerprint density at radius 2 is 1.97 bits per heavy atom. The predicted octanol–water partition coefficient (Wildman–Crippen LogP) is 4.32. The molecule has 5 aromatic rings. The van der Waals surface area contributed by atoms with Crippen LogP contribution in [0, 0.1) is 0 Å². The normalized spacial score (nSPS) is 11.6. The molecule has 0 saturated carbocycles. The first kappa shape index (κ1) is 20.6. The Morgan fingerprint density at radius 1 is 1.15 bits per heavy atom. The number of halogens is 2. The van der Waals surface area contributed by atoms with Gasteiger partial charge in [0.15, 0.2) is 11.4 Å². The van der Waals surface area contributed by atoms with Crippen LogP contribution in [-0.4, -0.2) is 41.3 Å². The lowest BCUT2D eigenvalue weighted by Gasteiger charge is -2.06. The molecule has 1 amide bonds. The Balaban J connectivity index is 1.62. The fraction of sp³-hybridized carbons (Fsp3) is 0. The molecule has 3 heterocycles. The predicted molar refractivity (Wildman–Crippen MR) is 118 cm³/mol. The minimum absolute atomic E-state index is 0.00818. The number of para-hydroxylation sites is 1. The zero-order chi connectivity index (χ0) is 23.1. The van der Waals surface area contributed by atoms with Crippen molar-refractivity contribution in [1.29, 1.82) is 0 Å². The van der Waals surface area contributed by atoms with Gasteiger partial charge in [-0.05, 0) is 28.5 Å². The van der Waals surface area contributed by atoms with Gasteiger partial charge in [0, 0.05) is 10.9 Å². The number of carbonyl (C=O) groups is 1. The third-order valence-corrected chi connectivity index (χ3v) is 5.40. The van der Waals surface area contributed by atoms with Crippen molar-refractivity contribution in [2.45, 2.75) is 0 Å². The van der Waals surface area contributed by atoms with Gasteiger partial charge in [-0.3, -0.25) is 4.79 Å². The fourth-order valence-corrected chi connectivity index (χ4v) is 3.47. The Labute approximate surface area is 193 Å². The number of hydrogen-bond donors (Lipinski definition) is 3. The van der Waals surface area contributed by atoms with Crippen molar-refractivity contribution in [2.75, 3.05) is 5.73 Å². The average Bonchev–Trinajstić information content (AvgIpc) is 3.50. The maximum atomic E-state index is 13.0. The number of nitrogens with zero attached hydrogens (tertiary/aromatic N) is 7. The summed E-state index contributed by atoms with van der Waals surface area (Å²) < 4.78 is 5.80. The summed E-state index contributed by atoms with van der Waals surface area (Å²) in [5.41, 5.74) is 6.92. The number of hydrogen-bond acceptors (Lipinski definition) is 9. The summed E-state index contributed by atoms with van der Waals surface area (Å²) in [7, 11) is 0. The van der Waals surface area contributed by atoms with E-state index in [0.717, 1.165) is 4.68 Å². The van der Waals surface area contributed by atoms with Crippen LogP contribution < -0.4 is 5.73 Å². The molecule has 14 heteroatoms. The minimum Gasteiger partial charge on any atom is -0.493 e. The van der Waals surface area contributed by atoms with Crippen LogP contribution in [0.5, 0.6) is 5.88 Å². The molecule has 5 rings (SSSR count). The monoisotopic (exact) mass is 483 g/mol. The van der Waals surface area contributed by atoms with Gasteiger partial charge in [0.25, 0.3) is 0 Å². The third-order valence-electron chi connectivity index (χ3n) is 4.66. The number of nitrogens with one attached hydrogen (secondary N) is 1. The van der Waals surface area contributed by atoms with E-state index in [4.69, 9.17) is 28.9 Å². The molecule has 12 nitrogen and oxygen atoms in total. The van der Waals surface area contributed by atoms with Crippen LogP contribution in [0.15, 0.2) is 57.3 Å². The molecule has 0 aliphatic rings. The standard InChI is InChI=1S/C19H11Cl2N9O3/c20-10-6-5-8(7-11(10)21)15-14(25-29-30(15)17-16(22)27-33-28-17)19(32)26-24-13-9-3-1-2-4-12(9)23-18(13)31/h1-7,23,31H,(H2,22,27). The van der Waals surface area contributed by atoms with Crippen LogP contribution in [0.25, 0.3) is 28.0 Å². The number of amides is 1. The van der Waals surface area contributed by atoms with E-state index in [1.54, 1.807) is 36.4 Å². The SMILES string of the molecule is Nc1nonc1-n1nnc(C(=O)N=Nc2c(O)[nH]c3ccccc23)c1-c1ccc(Cl)c(Cl)c1. The Kier molecular flexibility index (Phi) is 4.99. The van der Waals surface area contributed by atoms with Crippen molar-refractivity contribution >= 4 is 51.5 Å². The van der Waals surface area contributed by atoms with E-state index in [1.165, 1.54) is 6.07 Å². The smallest absolute Gasteiger partial charge is 0.318 e. The van der Waals surface area contributed by atoms with Crippen molar-refractivity contribution in [2.24, 2.45) is 10.2 Å². The molecular formula is C19H11Cl2N9O3. The molecule has 0 radical (unpaired) electrons. The summed E-state index contributed by atoms with van der Waals surface area (Å²) in [4.78, 5) is 15.7. The van der Waals surface area contributed by atoms with Gasteiger partial charge in [-0.15, -0.1) is 15.3 Å². The van der Waals surface area contributed by atoms with Crippen LogP contribution in [0.1, 0.15) is 10.5 Å². The average molecular weight is 484 g/mol. The van der Waals surface area contributed by atoms with Crippen LogP contribution in [0.2, 0.25) is 10.0 Å². The first-order chi connectivity index (χ1) is 15.9. The highest BCUT2D eigenvalue weighted by Crippen LogP contribution is 2.36. The minimum atomic E-state index is -0.845. The molecule has 0 fully saturated rings. The highest BCUT2D eigenvalue weighted by Gasteiger charge is 2.26. The number of azo groups is 1. The molecule has 4 N–H and O–H groups in total. The van der Waals surface area contributed by atoms with Gasteiger partial charge in [-0.2, -0.15) is 4.68 Å². The molecule has 33 heavy (non-hydrogen) atoms. The van der Waals surface area contributed by atoms with Gasteiger partial charge >= 0.3 is 5.91 Å². The molecule has 3 aromatic heterocycles. The van der Waals surface area contributed by atoms with Gasteiger partial charge < -0.3 is 15.8 Å². The van der Waals surface area contributed by atoms with Crippen LogP contribution >= 0.6 is 23.2 Å². The van der Waals surface area contributed by atoms with Gasteiger partial charge in [-0.1, -0.05) is 52.7 Å². The van der Waals surface area contributed by atoms with Crippen molar-refractivity contribution in [3.05, 3.63) is 58.2 Å². The van der Waals surface area contributed by atoms with Crippen molar-refractivity contribution in [3.63, 3.8) is 0 Å². The summed E-state index contributed by atoms with van der Waals surface area (Å²) in [5.74, 6) is -1.15. The van der Waals surface area contributed by atoms with Crippen LogP contribution in [0.4, 0.5) is 11.5 Å². The number of anilines is 1. The van der Waals surface area contributed by atoms with E-state index in [1.807, 2.05) is 0 Å². The summed E-state index contributed by atoms with van der Waals surface area (Å²) >= 11 is 12.2. The van der Waals surface area contributed by atoms with E-state index in [9.17, 15) is 9.90 Å². The molecule has 0 aliphatic heterocycles. The number of aromatic hydroxyl groups is 1. The number of nitrogen functional groups attached to an aromatic ring is 1. The van der Waals surface area contributed by atoms with E-state index in [-0.39, 0.29) is 39.6 Å². The van der Waals surface area contributed by atoms with E-state index >= 15 is 0 Å². The topological polar surface area (TPSA) is 173 Å². The van der Waals surface area contributed by atoms with E-state index in [0.29, 0.717) is 21.5 Å². The first-order valence-electron chi connectivity index (χ1n) is 9.19. The summed E-state index contributed by atoms with van der Waals surface area (Å²) in [6.07, 6.45) is 0. The highest BCUT2D eigenvalue weighted by molar-refractivity contribution is 6.42. The van der Waals surface area contributed by atoms with Crippen molar-refractivity contribution < 1.29 is 14.5 Å². The zero-order valence-electron chi connectivity index (χ0n) is 16.3. The molecule has 2 aromatic carbocycles. The molecular weight excluding hydrogens is 473 g/mol. The molecule has 0 spiro atoms. The largest absolute Gasteiger partial charge is 0.493 e.